The molecule has 1 aliphatic rings. The first-order valence-electron chi connectivity index (χ1n) is 6.21. The lowest BCUT2D eigenvalue weighted by atomic mass is 9.88. The first-order valence-corrected chi connectivity index (χ1v) is 6.21. The number of nitrogens with two attached hydrogens (primary N) is 1. The number of hydrogen-bond donors (Lipinski definition) is 3. The average Bonchev–Trinajstić information content (AvgIpc) is 2.69. The predicted octanol–water partition coefficient (Wildman–Crippen LogP) is -0.539. The fourth-order valence-corrected chi connectivity index (χ4v) is 2.50. The molecule has 1 atom stereocenters. The Morgan fingerprint density at radius 2 is 2.06 bits per heavy atom. The average molecular weight is 256 g/mol. The zero-order valence-electron chi connectivity index (χ0n) is 11.7. The second-order valence-corrected chi connectivity index (χ2v) is 5.96. The monoisotopic (exact) mass is 256 g/mol. The van der Waals surface area contributed by atoms with Crippen LogP contribution in [0.5, 0.6) is 0 Å². The molecule has 1 rings (SSSR count). The molecule has 6 nitrogen and oxygen atoms in total. The topological polar surface area (TPSA) is 87.5 Å². The SMILES string of the molecule is CNC(=O)C1(C)CCN(CC(C)(C)C(=O)NN)C1. The van der Waals surface area contributed by atoms with Crippen molar-refractivity contribution in [2.75, 3.05) is 26.7 Å². The molecule has 0 aliphatic carbocycles. The lowest BCUT2D eigenvalue weighted by molar-refractivity contribution is -0.130. The maximum Gasteiger partial charge on any atom is 0.240 e. The van der Waals surface area contributed by atoms with Crippen molar-refractivity contribution in [1.29, 1.82) is 0 Å². The Bertz CT molecular complexity index is 343. The minimum atomic E-state index is -0.553. The van der Waals surface area contributed by atoms with Gasteiger partial charge in [0, 0.05) is 20.1 Å². The smallest absolute Gasteiger partial charge is 0.240 e. The normalized spacial score (nSPS) is 24.9. The van der Waals surface area contributed by atoms with Gasteiger partial charge in [-0.25, -0.2) is 5.84 Å². The van der Waals surface area contributed by atoms with Crippen LogP contribution in [0.2, 0.25) is 0 Å². The zero-order chi connectivity index (χ0) is 14.0. The van der Waals surface area contributed by atoms with Gasteiger partial charge in [-0.05, 0) is 33.7 Å². The molecule has 0 bridgehead atoms. The van der Waals surface area contributed by atoms with E-state index < -0.39 is 5.41 Å². The number of nitrogens with zero attached hydrogens (tertiary/aromatic N) is 1. The quantitative estimate of drug-likeness (QED) is 0.358. The van der Waals surface area contributed by atoms with E-state index in [4.69, 9.17) is 5.84 Å². The standard InChI is InChI=1S/C12H24N4O2/c1-11(2,9(17)15-13)7-16-6-5-12(3,8-16)10(18)14-4/h5-8,13H2,1-4H3,(H,14,18)(H,15,17). The number of carbonyl (C=O) groups excluding carboxylic acids is 2. The summed E-state index contributed by atoms with van der Waals surface area (Å²) in [4.78, 5) is 25.6. The Balaban J connectivity index is 2.63. The molecular weight excluding hydrogens is 232 g/mol. The van der Waals surface area contributed by atoms with Crippen LogP contribution in [0.25, 0.3) is 0 Å². The van der Waals surface area contributed by atoms with E-state index in [1.807, 2.05) is 20.8 Å². The third kappa shape index (κ3) is 3.00. The minimum absolute atomic E-state index is 0.0612. The molecule has 1 heterocycles. The maximum absolute atomic E-state index is 11.8. The Morgan fingerprint density at radius 3 is 2.56 bits per heavy atom. The number of hydrogen-bond acceptors (Lipinski definition) is 4. The van der Waals surface area contributed by atoms with E-state index in [-0.39, 0.29) is 17.2 Å². The molecule has 1 aliphatic heterocycles. The van der Waals surface area contributed by atoms with Gasteiger partial charge in [-0.15, -0.1) is 0 Å². The number of amides is 2. The Morgan fingerprint density at radius 1 is 1.44 bits per heavy atom. The number of rotatable bonds is 4. The second kappa shape index (κ2) is 5.24. The molecule has 1 unspecified atom stereocenters. The summed E-state index contributed by atoms with van der Waals surface area (Å²) in [6.45, 7) is 7.76. The molecule has 18 heavy (non-hydrogen) atoms. The van der Waals surface area contributed by atoms with E-state index in [1.165, 1.54) is 0 Å². The van der Waals surface area contributed by atoms with Gasteiger partial charge in [0.2, 0.25) is 11.8 Å². The molecule has 0 saturated carbocycles. The molecule has 4 N–H and O–H groups in total. The maximum atomic E-state index is 11.8. The van der Waals surface area contributed by atoms with E-state index in [2.05, 4.69) is 15.6 Å². The highest BCUT2D eigenvalue weighted by atomic mass is 16.2. The fraction of sp³-hybridized carbons (Fsp3) is 0.833. The van der Waals surface area contributed by atoms with Gasteiger partial charge in [0.05, 0.1) is 10.8 Å². The molecule has 1 saturated heterocycles. The van der Waals surface area contributed by atoms with Crippen LogP contribution in [0, 0.1) is 10.8 Å². The Labute approximate surface area is 108 Å². The van der Waals surface area contributed by atoms with Crippen LogP contribution in [-0.4, -0.2) is 43.4 Å². The van der Waals surface area contributed by atoms with Crippen molar-refractivity contribution in [2.24, 2.45) is 16.7 Å². The molecule has 0 spiro atoms. The molecule has 2 amide bonds. The first kappa shape index (κ1) is 14.9. The highest BCUT2D eigenvalue weighted by Crippen LogP contribution is 2.32. The van der Waals surface area contributed by atoms with Gasteiger partial charge < -0.3 is 10.2 Å². The molecule has 0 aromatic heterocycles. The molecule has 6 heteroatoms. The lowest BCUT2D eigenvalue weighted by Gasteiger charge is -2.29. The van der Waals surface area contributed by atoms with Gasteiger partial charge in [-0.1, -0.05) is 0 Å². The summed E-state index contributed by atoms with van der Waals surface area (Å²) in [6.07, 6.45) is 0.812. The summed E-state index contributed by atoms with van der Waals surface area (Å²) in [5.74, 6) is 5.05. The summed E-state index contributed by atoms with van der Waals surface area (Å²) in [7, 11) is 1.65. The molecular formula is C12H24N4O2. The van der Waals surface area contributed by atoms with Crippen molar-refractivity contribution < 1.29 is 9.59 Å². The highest BCUT2D eigenvalue weighted by Gasteiger charge is 2.42. The molecule has 104 valence electrons. The second-order valence-electron chi connectivity index (χ2n) is 5.96. The molecule has 0 aromatic carbocycles. The van der Waals surface area contributed by atoms with Crippen molar-refractivity contribution in [2.45, 2.75) is 27.2 Å². The van der Waals surface area contributed by atoms with Crippen molar-refractivity contribution >= 4 is 11.8 Å². The molecule has 1 fully saturated rings. The number of nitrogens with one attached hydrogen (secondary N) is 2. The van der Waals surface area contributed by atoms with Gasteiger partial charge >= 0.3 is 0 Å². The molecule has 0 radical (unpaired) electrons. The highest BCUT2D eigenvalue weighted by molar-refractivity contribution is 5.83. The van der Waals surface area contributed by atoms with Crippen molar-refractivity contribution in [3.05, 3.63) is 0 Å². The van der Waals surface area contributed by atoms with Crippen molar-refractivity contribution in [3.63, 3.8) is 0 Å². The summed E-state index contributed by atoms with van der Waals surface area (Å²) in [6, 6.07) is 0. The van der Waals surface area contributed by atoms with Gasteiger partial charge in [0.1, 0.15) is 0 Å². The van der Waals surface area contributed by atoms with Crippen LogP contribution >= 0.6 is 0 Å². The predicted molar refractivity (Wildman–Crippen MR) is 69.3 cm³/mol. The molecule has 0 aromatic rings. The third-order valence-corrected chi connectivity index (χ3v) is 3.69. The first-order chi connectivity index (χ1) is 8.25. The van der Waals surface area contributed by atoms with E-state index >= 15 is 0 Å². The van der Waals surface area contributed by atoms with E-state index in [1.54, 1.807) is 7.05 Å². The van der Waals surface area contributed by atoms with Crippen LogP contribution in [0.1, 0.15) is 27.2 Å². The fourth-order valence-electron chi connectivity index (χ4n) is 2.50. The minimum Gasteiger partial charge on any atom is -0.359 e. The summed E-state index contributed by atoms with van der Waals surface area (Å²) in [5, 5.41) is 2.70. The van der Waals surface area contributed by atoms with Crippen molar-refractivity contribution in [1.82, 2.24) is 15.6 Å². The van der Waals surface area contributed by atoms with Crippen LogP contribution < -0.4 is 16.6 Å². The number of likely N-dealkylation sites (tertiary alicyclic amines) is 1. The summed E-state index contributed by atoms with van der Waals surface area (Å²) >= 11 is 0. The summed E-state index contributed by atoms with van der Waals surface area (Å²) in [5.41, 5.74) is 1.28. The van der Waals surface area contributed by atoms with Gasteiger partial charge in [0.15, 0.2) is 0 Å². The van der Waals surface area contributed by atoms with Gasteiger partial charge in [-0.2, -0.15) is 0 Å². The largest absolute Gasteiger partial charge is 0.359 e. The van der Waals surface area contributed by atoms with Gasteiger partial charge in [-0.3, -0.25) is 15.0 Å². The lowest BCUT2D eigenvalue weighted by Crippen LogP contribution is -2.47. The van der Waals surface area contributed by atoms with Crippen molar-refractivity contribution in [3.8, 4) is 0 Å². The number of hydrazine groups is 1. The van der Waals surface area contributed by atoms with E-state index in [9.17, 15) is 9.59 Å². The summed E-state index contributed by atoms with van der Waals surface area (Å²) < 4.78 is 0. The van der Waals surface area contributed by atoms with Crippen LogP contribution in [0.4, 0.5) is 0 Å². The van der Waals surface area contributed by atoms with Crippen LogP contribution in [-0.2, 0) is 9.59 Å². The Hall–Kier alpha value is -1.14. The van der Waals surface area contributed by atoms with Crippen LogP contribution in [0.3, 0.4) is 0 Å². The van der Waals surface area contributed by atoms with Crippen LogP contribution in [0.15, 0.2) is 0 Å². The number of carbonyl (C=O) groups is 2. The van der Waals surface area contributed by atoms with E-state index in [0.29, 0.717) is 13.1 Å². The third-order valence-electron chi connectivity index (χ3n) is 3.69. The Kier molecular flexibility index (Phi) is 4.34. The van der Waals surface area contributed by atoms with Gasteiger partial charge in [0.25, 0.3) is 0 Å². The zero-order valence-corrected chi connectivity index (χ0v) is 11.7. The van der Waals surface area contributed by atoms with E-state index in [0.717, 1.165) is 13.0 Å².